The zero-order valence-electron chi connectivity index (χ0n) is 20.2. The minimum Gasteiger partial charge on any atom is -0.546 e. The van der Waals surface area contributed by atoms with E-state index in [2.05, 4.69) is 40.4 Å². The fraction of sp³-hybridized carbons (Fsp3) is 0.440. The van der Waals surface area contributed by atoms with Crippen LogP contribution < -0.4 is 0 Å². The van der Waals surface area contributed by atoms with Gasteiger partial charge >= 0.3 is 0 Å². The van der Waals surface area contributed by atoms with Gasteiger partial charge in [-0.2, -0.15) is 4.31 Å². The molecule has 9 heteroatoms. The molecule has 0 N–H and O–H groups in total. The summed E-state index contributed by atoms with van der Waals surface area (Å²) in [4.78, 5) is 0.0470. The average Bonchev–Trinajstić information content (AvgIpc) is 2.71. The average molecular weight is 528 g/mol. The minimum atomic E-state index is -4.08. The minimum absolute atomic E-state index is 0.0470. The number of hydrogen-bond donors (Lipinski definition) is 0. The van der Waals surface area contributed by atoms with Gasteiger partial charge in [-0.25, -0.2) is 17.2 Å². The Morgan fingerprint density at radius 1 is 1.09 bits per heavy atom. The second kappa shape index (κ2) is 9.72. The van der Waals surface area contributed by atoms with Crippen molar-refractivity contribution in [3.05, 3.63) is 77.0 Å². The quantitative estimate of drug-likeness (QED) is 0.289. The van der Waals surface area contributed by atoms with Gasteiger partial charge in [0, 0.05) is 11.1 Å². The summed E-state index contributed by atoms with van der Waals surface area (Å²) in [6.07, 6.45) is 1.56. The third-order valence-corrected chi connectivity index (χ3v) is 13.4. The largest absolute Gasteiger partial charge is 0.546 e. The SMILES string of the molecule is C=C(O[Si](C)(C)C(C)(C)C)[C@@H]1CCC[C@H](c2cc(F)cc(F)c2)N1S(=O)(=O)c1ccc(Cl)cc1. The van der Waals surface area contributed by atoms with Crippen LogP contribution in [0, 0.1) is 11.6 Å². The second-order valence-electron chi connectivity index (χ2n) is 10.3. The normalized spacial score (nSPS) is 20.2. The van der Waals surface area contributed by atoms with Crippen LogP contribution in [0.5, 0.6) is 0 Å². The summed E-state index contributed by atoms with van der Waals surface area (Å²) in [7, 11) is -6.39. The number of rotatable bonds is 6. The van der Waals surface area contributed by atoms with Crippen molar-refractivity contribution in [2.24, 2.45) is 0 Å². The van der Waals surface area contributed by atoms with Crippen LogP contribution >= 0.6 is 11.6 Å². The number of halogens is 3. The predicted octanol–water partition coefficient (Wildman–Crippen LogP) is 7.44. The molecule has 0 aliphatic carbocycles. The highest BCUT2D eigenvalue weighted by Gasteiger charge is 2.45. The van der Waals surface area contributed by atoms with Crippen molar-refractivity contribution in [1.29, 1.82) is 0 Å². The van der Waals surface area contributed by atoms with Gasteiger partial charge in [0.25, 0.3) is 0 Å². The Hall–Kier alpha value is -1.74. The van der Waals surface area contributed by atoms with Crippen molar-refractivity contribution in [2.45, 2.75) is 75.1 Å². The molecule has 1 saturated heterocycles. The van der Waals surface area contributed by atoms with E-state index in [1.165, 1.54) is 40.7 Å². The van der Waals surface area contributed by atoms with Gasteiger partial charge in [-0.05, 0) is 79.4 Å². The molecule has 1 aliphatic rings. The highest BCUT2D eigenvalue weighted by Crippen LogP contribution is 2.44. The number of nitrogens with zero attached hydrogens (tertiary/aromatic N) is 1. The van der Waals surface area contributed by atoms with E-state index < -0.39 is 42.1 Å². The molecule has 0 amide bonds. The summed E-state index contributed by atoms with van der Waals surface area (Å²) < 4.78 is 63.9. The van der Waals surface area contributed by atoms with Gasteiger partial charge in [-0.15, -0.1) is 0 Å². The van der Waals surface area contributed by atoms with Crippen LogP contribution in [0.3, 0.4) is 0 Å². The van der Waals surface area contributed by atoms with Crippen molar-refractivity contribution in [2.75, 3.05) is 0 Å². The molecule has 4 nitrogen and oxygen atoms in total. The summed E-state index contributed by atoms with van der Waals surface area (Å²) >= 11 is 5.98. The number of benzene rings is 2. The molecule has 0 aromatic heterocycles. The molecule has 0 radical (unpaired) electrons. The predicted molar refractivity (Wildman–Crippen MR) is 135 cm³/mol. The number of piperidine rings is 1. The van der Waals surface area contributed by atoms with Crippen LogP contribution in [0.25, 0.3) is 0 Å². The molecule has 0 unspecified atom stereocenters. The van der Waals surface area contributed by atoms with Gasteiger partial charge < -0.3 is 4.43 Å². The van der Waals surface area contributed by atoms with Gasteiger partial charge in [-0.1, -0.05) is 39.0 Å². The first-order valence-corrected chi connectivity index (χ1v) is 16.0. The maximum atomic E-state index is 14.1. The Labute approximate surface area is 207 Å². The molecule has 2 atom stereocenters. The molecule has 0 saturated carbocycles. The topological polar surface area (TPSA) is 46.6 Å². The van der Waals surface area contributed by atoms with Gasteiger partial charge in [0.15, 0.2) is 0 Å². The summed E-state index contributed by atoms with van der Waals surface area (Å²) in [5.41, 5.74) is 0.264. The first kappa shape index (κ1) is 26.9. The Balaban J connectivity index is 2.12. The lowest BCUT2D eigenvalue weighted by Gasteiger charge is -2.45. The van der Waals surface area contributed by atoms with Gasteiger partial charge in [0.1, 0.15) is 11.6 Å². The molecule has 1 fully saturated rings. The van der Waals surface area contributed by atoms with Crippen LogP contribution in [-0.2, 0) is 14.4 Å². The van der Waals surface area contributed by atoms with Crippen molar-refractivity contribution >= 4 is 29.9 Å². The molecule has 186 valence electrons. The first-order valence-electron chi connectivity index (χ1n) is 11.3. The van der Waals surface area contributed by atoms with Gasteiger partial charge in [0.2, 0.25) is 18.3 Å². The Kier molecular flexibility index (Phi) is 7.68. The third kappa shape index (κ3) is 5.56. The van der Waals surface area contributed by atoms with E-state index in [1.54, 1.807) is 0 Å². The molecule has 1 aliphatic heterocycles. The number of hydrogen-bond acceptors (Lipinski definition) is 3. The summed E-state index contributed by atoms with van der Waals surface area (Å²) in [6, 6.07) is 7.59. The fourth-order valence-corrected chi connectivity index (χ4v) is 7.04. The second-order valence-corrected chi connectivity index (χ2v) is 17.3. The molecule has 3 rings (SSSR count). The lowest BCUT2D eigenvalue weighted by Crippen LogP contribution is -2.49. The van der Waals surface area contributed by atoms with Crippen molar-refractivity contribution in [1.82, 2.24) is 4.31 Å². The molecule has 1 heterocycles. The third-order valence-electron chi connectivity index (χ3n) is 6.79. The monoisotopic (exact) mass is 527 g/mol. The van der Waals surface area contributed by atoms with Crippen molar-refractivity contribution < 1.29 is 21.6 Å². The van der Waals surface area contributed by atoms with E-state index in [0.717, 1.165) is 6.07 Å². The molecule has 34 heavy (non-hydrogen) atoms. The zero-order valence-corrected chi connectivity index (χ0v) is 22.8. The smallest absolute Gasteiger partial charge is 0.250 e. The molecular weight excluding hydrogens is 496 g/mol. The van der Waals surface area contributed by atoms with Gasteiger partial charge in [0.05, 0.1) is 22.7 Å². The van der Waals surface area contributed by atoms with E-state index in [-0.39, 0.29) is 15.5 Å². The maximum absolute atomic E-state index is 14.1. The molecule has 0 spiro atoms. The first-order chi connectivity index (χ1) is 15.6. The molecular formula is C25H32ClF2NO3SSi. The Morgan fingerprint density at radius 2 is 1.65 bits per heavy atom. The van der Waals surface area contributed by atoms with E-state index in [4.69, 9.17) is 16.0 Å². The summed E-state index contributed by atoms with van der Waals surface area (Å²) in [6.45, 7) is 14.6. The van der Waals surface area contributed by atoms with Crippen LogP contribution in [0.1, 0.15) is 51.6 Å². The van der Waals surface area contributed by atoms with Crippen molar-refractivity contribution in [3.63, 3.8) is 0 Å². The lowest BCUT2D eigenvalue weighted by atomic mass is 9.92. The van der Waals surface area contributed by atoms with E-state index in [1.807, 2.05) is 0 Å². The standard InChI is InChI=1S/C25H32ClF2NO3SSi/c1-17(32-34(5,6)25(2,3)4)23-8-7-9-24(18-14-20(27)16-21(28)15-18)29(23)33(30,31)22-12-10-19(26)11-13-22/h10-16,23-24H,1,7-9H2,2-6H3/t23-,24+/m0/s1. The molecule has 2 aromatic carbocycles. The fourth-order valence-electron chi connectivity index (χ4n) is 3.97. The Bertz CT molecular complexity index is 1140. The lowest BCUT2D eigenvalue weighted by molar-refractivity contribution is 0.164. The summed E-state index contributed by atoms with van der Waals surface area (Å²) in [5, 5.41) is 0.291. The van der Waals surface area contributed by atoms with Crippen LogP contribution in [0.2, 0.25) is 23.2 Å². The highest BCUT2D eigenvalue weighted by molar-refractivity contribution is 7.89. The maximum Gasteiger partial charge on any atom is 0.250 e. The van der Waals surface area contributed by atoms with E-state index in [9.17, 15) is 17.2 Å². The number of sulfonamides is 1. The summed E-state index contributed by atoms with van der Waals surface area (Å²) in [5.74, 6) is -1.14. The van der Waals surface area contributed by atoms with Gasteiger partial charge in [-0.3, -0.25) is 0 Å². The zero-order chi connectivity index (χ0) is 25.5. The Morgan fingerprint density at radius 3 is 2.18 bits per heavy atom. The molecule has 2 aromatic rings. The van der Waals surface area contributed by atoms with Crippen LogP contribution in [0.4, 0.5) is 8.78 Å². The van der Waals surface area contributed by atoms with Crippen LogP contribution in [-0.4, -0.2) is 27.1 Å². The highest BCUT2D eigenvalue weighted by atomic mass is 35.5. The molecule has 0 bridgehead atoms. The van der Waals surface area contributed by atoms with E-state index in [0.29, 0.717) is 30.0 Å². The van der Waals surface area contributed by atoms with E-state index >= 15 is 0 Å². The van der Waals surface area contributed by atoms with Crippen molar-refractivity contribution in [3.8, 4) is 0 Å². The van der Waals surface area contributed by atoms with Crippen LogP contribution in [0.15, 0.2) is 59.7 Å².